The summed E-state index contributed by atoms with van der Waals surface area (Å²) < 4.78 is 4.06. The largest absolute Gasteiger partial charge is 0.331 e. The molecule has 0 saturated carbocycles. The molecule has 0 aliphatic heterocycles. The maximum atomic E-state index is 6.44. The van der Waals surface area contributed by atoms with Crippen LogP contribution in [0.5, 0.6) is 0 Å². The van der Waals surface area contributed by atoms with E-state index in [1.54, 1.807) is 0 Å². The minimum atomic E-state index is 0.716. The Morgan fingerprint density at radius 3 is 2.76 bits per heavy atom. The zero-order valence-electron chi connectivity index (χ0n) is 13.1. The number of aryl methyl sites for hydroxylation is 2. The molecule has 2 aromatic rings. The predicted octanol–water partition coefficient (Wildman–Crippen LogP) is 2.52. The van der Waals surface area contributed by atoms with E-state index in [-0.39, 0.29) is 0 Å². The molecule has 0 unspecified atom stereocenters. The number of halogens is 1. The van der Waals surface area contributed by atoms with Crippen LogP contribution in [0, 0.1) is 0 Å². The molecular formula is C15H24ClN5. The number of aromatic nitrogens is 4. The quantitative estimate of drug-likeness (QED) is 0.762. The first-order valence-electron chi connectivity index (χ1n) is 7.64. The van der Waals surface area contributed by atoms with Crippen molar-refractivity contribution < 1.29 is 0 Å². The molecule has 21 heavy (non-hydrogen) atoms. The summed E-state index contributed by atoms with van der Waals surface area (Å²) in [4.78, 5) is 4.45. The van der Waals surface area contributed by atoms with Crippen molar-refractivity contribution >= 4 is 11.6 Å². The molecule has 116 valence electrons. The Morgan fingerprint density at radius 1 is 1.29 bits per heavy atom. The first kappa shape index (κ1) is 16.0. The van der Waals surface area contributed by atoms with Gasteiger partial charge in [-0.2, -0.15) is 5.10 Å². The Hall–Kier alpha value is -1.33. The molecule has 0 spiro atoms. The molecule has 0 amide bonds. The molecule has 0 aliphatic rings. The highest BCUT2D eigenvalue weighted by Gasteiger charge is 2.14. The molecule has 6 heteroatoms. The third kappa shape index (κ3) is 3.86. The molecule has 0 aromatic carbocycles. The number of imidazole rings is 1. The highest BCUT2D eigenvalue weighted by atomic mass is 35.5. The van der Waals surface area contributed by atoms with Crippen LogP contribution in [-0.4, -0.2) is 32.4 Å². The van der Waals surface area contributed by atoms with Gasteiger partial charge in [0.1, 0.15) is 0 Å². The Morgan fingerprint density at radius 2 is 2.10 bits per heavy atom. The molecule has 2 heterocycles. The molecule has 0 atom stereocenters. The van der Waals surface area contributed by atoms with Crippen LogP contribution in [0.15, 0.2) is 12.5 Å². The second-order valence-electron chi connectivity index (χ2n) is 5.02. The van der Waals surface area contributed by atoms with Gasteiger partial charge in [0.2, 0.25) is 0 Å². The molecule has 0 aliphatic carbocycles. The van der Waals surface area contributed by atoms with E-state index in [1.165, 1.54) is 0 Å². The highest BCUT2D eigenvalue weighted by Crippen LogP contribution is 2.22. The summed E-state index contributed by atoms with van der Waals surface area (Å²) >= 11 is 6.44. The van der Waals surface area contributed by atoms with Crippen LogP contribution in [-0.2, 0) is 25.9 Å². The number of rotatable bonds is 8. The van der Waals surface area contributed by atoms with Crippen LogP contribution in [0.2, 0.25) is 5.02 Å². The van der Waals surface area contributed by atoms with Gasteiger partial charge in [-0.25, -0.2) is 4.98 Å². The summed E-state index contributed by atoms with van der Waals surface area (Å²) in [5.74, 6) is 0. The number of likely N-dealkylation sites (N-methyl/N-ethyl adjacent to an activating group) is 1. The maximum absolute atomic E-state index is 6.44. The summed E-state index contributed by atoms with van der Waals surface area (Å²) in [5, 5.41) is 8.65. The topological polar surface area (TPSA) is 47.7 Å². The first-order valence-corrected chi connectivity index (χ1v) is 8.02. The van der Waals surface area contributed by atoms with Crippen LogP contribution < -0.4 is 5.32 Å². The van der Waals surface area contributed by atoms with E-state index in [2.05, 4.69) is 46.9 Å². The van der Waals surface area contributed by atoms with Gasteiger partial charge in [0.05, 0.1) is 35.0 Å². The fourth-order valence-corrected chi connectivity index (χ4v) is 2.69. The van der Waals surface area contributed by atoms with Crippen molar-refractivity contribution in [1.82, 2.24) is 24.6 Å². The SMILES string of the molecule is CCNCCc1cn(Cc2c(Cl)c(CC)nn2CC)cn1. The lowest BCUT2D eigenvalue weighted by atomic mass is 10.3. The van der Waals surface area contributed by atoms with E-state index in [0.29, 0.717) is 6.54 Å². The second-order valence-corrected chi connectivity index (χ2v) is 5.40. The van der Waals surface area contributed by atoms with E-state index >= 15 is 0 Å². The van der Waals surface area contributed by atoms with Gasteiger partial charge < -0.3 is 9.88 Å². The maximum Gasteiger partial charge on any atom is 0.0953 e. The number of hydrogen-bond acceptors (Lipinski definition) is 3. The van der Waals surface area contributed by atoms with E-state index in [9.17, 15) is 0 Å². The summed E-state index contributed by atoms with van der Waals surface area (Å²) in [5.41, 5.74) is 3.14. The molecule has 5 nitrogen and oxygen atoms in total. The lowest BCUT2D eigenvalue weighted by Gasteiger charge is -2.06. The van der Waals surface area contributed by atoms with Gasteiger partial charge in [-0.3, -0.25) is 4.68 Å². The Balaban J connectivity index is 2.09. The van der Waals surface area contributed by atoms with Gasteiger partial charge in [-0.1, -0.05) is 25.4 Å². The van der Waals surface area contributed by atoms with Crippen molar-refractivity contribution in [1.29, 1.82) is 0 Å². The fraction of sp³-hybridized carbons (Fsp3) is 0.600. The molecule has 1 N–H and O–H groups in total. The third-order valence-electron chi connectivity index (χ3n) is 3.52. The summed E-state index contributed by atoms with van der Waals surface area (Å²) in [6.45, 7) is 9.77. The van der Waals surface area contributed by atoms with Gasteiger partial charge in [-0.05, 0) is 19.9 Å². The van der Waals surface area contributed by atoms with Gasteiger partial charge in [0.15, 0.2) is 0 Å². The molecule has 0 radical (unpaired) electrons. The zero-order chi connectivity index (χ0) is 15.2. The third-order valence-corrected chi connectivity index (χ3v) is 3.96. The van der Waals surface area contributed by atoms with E-state index < -0.39 is 0 Å². The average molecular weight is 310 g/mol. The zero-order valence-corrected chi connectivity index (χ0v) is 13.8. The lowest BCUT2D eigenvalue weighted by molar-refractivity contribution is 0.594. The number of hydrogen-bond donors (Lipinski definition) is 1. The Labute approximate surface area is 131 Å². The summed E-state index contributed by atoms with van der Waals surface area (Å²) in [6, 6.07) is 0. The van der Waals surface area contributed by atoms with Gasteiger partial charge in [-0.15, -0.1) is 0 Å². The van der Waals surface area contributed by atoms with Crippen molar-refractivity contribution in [2.45, 2.75) is 46.7 Å². The summed E-state index contributed by atoms with van der Waals surface area (Å²) in [7, 11) is 0. The Bertz CT molecular complexity index is 573. The fourth-order valence-electron chi connectivity index (χ4n) is 2.36. The standard InChI is InChI=1S/C15H24ClN5/c1-4-13-15(16)14(21(6-3)19-13)10-20-9-12(18-11-20)7-8-17-5-2/h9,11,17H,4-8,10H2,1-3H3. The van der Waals surface area contributed by atoms with Crippen molar-refractivity contribution in [2.24, 2.45) is 0 Å². The molecule has 0 saturated heterocycles. The minimum absolute atomic E-state index is 0.716. The van der Waals surface area contributed by atoms with Crippen molar-refractivity contribution in [2.75, 3.05) is 13.1 Å². The van der Waals surface area contributed by atoms with E-state index in [4.69, 9.17) is 11.6 Å². The highest BCUT2D eigenvalue weighted by molar-refractivity contribution is 6.31. The monoisotopic (exact) mass is 309 g/mol. The second kappa shape index (κ2) is 7.61. The smallest absolute Gasteiger partial charge is 0.0953 e. The molecule has 2 rings (SSSR count). The summed E-state index contributed by atoms with van der Waals surface area (Å²) in [6.07, 6.45) is 5.76. The van der Waals surface area contributed by atoms with Gasteiger partial charge >= 0.3 is 0 Å². The van der Waals surface area contributed by atoms with Crippen molar-refractivity contribution in [3.8, 4) is 0 Å². The van der Waals surface area contributed by atoms with Crippen LogP contribution in [0.4, 0.5) is 0 Å². The van der Waals surface area contributed by atoms with Crippen LogP contribution >= 0.6 is 11.6 Å². The van der Waals surface area contributed by atoms with Crippen molar-refractivity contribution in [3.05, 3.63) is 34.6 Å². The minimum Gasteiger partial charge on any atom is -0.331 e. The Kier molecular flexibility index (Phi) is 5.82. The molecular weight excluding hydrogens is 286 g/mol. The molecule has 2 aromatic heterocycles. The normalized spacial score (nSPS) is 11.2. The van der Waals surface area contributed by atoms with E-state index in [0.717, 1.165) is 54.6 Å². The average Bonchev–Trinajstić information content (AvgIpc) is 3.05. The van der Waals surface area contributed by atoms with E-state index in [1.807, 2.05) is 11.0 Å². The molecule has 0 bridgehead atoms. The number of nitrogens with one attached hydrogen (secondary N) is 1. The first-order chi connectivity index (χ1) is 10.2. The van der Waals surface area contributed by atoms with Crippen molar-refractivity contribution in [3.63, 3.8) is 0 Å². The lowest BCUT2D eigenvalue weighted by Crippen LogP contribution is -2.16. The van der Waals surface area contributed by atoms with Crippen LogP contribution in [0.25, 0.3) is 0 Å². The van der Waals surface area contributed by atoms with Crippen LogP contribution in [0.1, 0.15) is 37.9 Å². The van der Waals surface area contributed by atoms with Crippen LogP contribution in [0.3, 0.4) is 0 Å². The van der Waals surface area contributed by atoms with Gasteiger partial charge in [0, 0.05) is 25.7 Å². The van der Waals surface area contributed by atoms with Gasteiger partial charge in [0.25, 0.3) is 0 Å². The number of nitrogens with zero attached hydrogens (tertiary/aromatic N) is 4. The molecule has 0 fully saturated rings. The predicted molar refractivity (Wildman–Crippen MR) is 85.9 cm³/mol.